The number of aromatic nitrogens is 3. The monoisotopic (exact) mass is 389 g/mol. The molecule has 1 amide bonds. The molecule has 0 bridgehead atoms. The predicted octanol–water partition coefficient (Wildman–Crippen LogP) is 1.73. The fraction of sp³-hybridized carbons (Fsp3) is 0.526. The van der Waals surface area contributed by atoms with Gasteiger partial charge in [0.2, 0.25) is 5.91 Å². The van der Waals surface area contributed by atoms with Crippen molar-refractivity contribution in [3.05, 3.63) is 45.9 Å². The molecule has 2 aromatic rings. The molecule has 1 aromatic heterocycles. The lowest BCUT2D eigenvalue weighted by atomic mass is 10.1. The Morgan fingerprint density at radius 1 is 1.26 bits per heavy atom. The summed E-state index contributed by atoms with van der Waals surface area (Å²) in [7, 11) is 0. The van der Waals surface area contributed by atoms with E-state index in [0.29, 0.717) is 17.5 Å². The second-order valence-electron chi connectivity index (χ2n) is 6.90. The highest BCUT2D eigenvalue weighted by Gasteiger charge is 2.22. The van der Waals surface area contributed by atoms with Crippen molar-refractivity contribution in [1.82, 2.24) is 24.6 Å². The molecule has 1 aromatic carbocycles. The fourth-order valence-electron chi connectivity index (χ4n) is 3.28. The van der Waals surface area contributed by atoms with Crippen molar-refractivity contribution in [3.8, 4) is 0 Å². The molecule has 3 rings (SSSR count). The Morgan fingerprint density at radius 3 is 2.74 bits per heavy atom. The first-order valence-corrected chi connectivity index (χ1v) is 10.4. The predicted molar refractivity (Wildman–Crippen MR) is 107 cm³/mol. The maximum atomic E-state index is 12.5. The van der Waals surface area contributed by atoms with Gasteiger partial charge in [-0.15, -0.1) is 5.10 Å². The lowest BCUT2D eigenvalue weighted by Gasteiger charge is -2.34. The Bertz CT molecular complexity index is 824. The summed E-state index contributed by atoms with van der Waals surface area (Å²) in [5, 5.41) is 7.08. The number of thioether (sulfide) groups is 1. The molecule has 0 aliphatic carbocycles. The number of carbonyl (C=O) groups is 1. The van der Waals surface area contributed by atoms with Crippen molar-refractivity contribution < 1.29 is 4.79 Å². The molecular weight excluding hydrogens is 362 g/mol. The van der Waals surface area contributed by atoms with Gasteiger partial charge in [-0.1, -0.05) is 48.5 Å². The largest absolute Gasteiger partial charge is 0.343 e. The summed E-state index contributed by atoms with van der Waals surface area (Å²) < 4.78 is 1.59. The van der Waals surface area contributed by atoms with Gasteiger partial charge in [-0.25, -0.2) is 9.89 Å². The summed E-state index contributed by atoms with van der Waals surface area (Å²) in [5.41, 5.74) is 2.38. The minimum atomic E-state index is -0.212. The zero-order valence-electron chi connectivity index (χ0n) is 16.0. The van der Waals surface area contributed by atoms with Crippen LogP contribution in [0.25, 0.3) is 0 Å². The van der Waals surface area contributed by atoms with Gasteiger partial charge in [-0.05, 0) is 18.9 Å². The number of hydrogen-bond acceptors (Lipinski definition) is 5. The Morgan fingerprint density at radius 2 is 2.04 bits per heavy atom. The van der Waals surface area contributed by atoms with E-state index in [0.717, 1.165) is 39.1 Å². The van der Waals surface area contributed by atoms with Gasteiger partial charge in [-0.2, -0.15) is 0 Å². The highest BCUT2D eigenvalue weighted by atomic mass is 32.2. The van der Waals surface area contributed by atoms with Crippen LogP contribution in [0.1, 0.15) is 24.5 Å². The lowest BCUT2D eigenvalue weighted by molar-refractivity contribution is -0.130. The molecule has 0 saturated carbocycles. The number of nitrogens with zero attached hydrogens (tertiary/aromatic N) is 4. The number of H-pyrrole nitrogens is 1. The molecule has 1 saturated heterocycles. The Kier molecular flexibility index (Phi) is 6.73. The maximum absolute atomic E-state index is 12.5. The Balaban J connectivity index is 1.46. The minimum absolute atomic E-state index is 0.105. The van der Waals surface area contributed by atoms with Gasteiger partial charge in [0.1, 0.15) is 0 Å². The van der Waals surface area contributed by atoms with Crippen molar-refractivity contribution in [2.24, 2.45) is 0 Å². The fourth-order valence-corrected chi connectivity index (χ4v) is 4.15. The van der Waals surface area contributed by atoms with Gasteiger partial charge < -0.3 is 4.90 Å². The molecule has 2 heterocycles. The number of benzene rings is 1. The van der Waals surface area contributed by atoms with Gasteiger partial charge in [0.05, 0.1) is 5.75 Å². The number of hydrogen-bond donors (Lipinski definition) is 1. The number of rotatable bonds is 7. The van der Waals surface area contributed by atoms with Crippen molar-refractivity contribution in [2.45, 2.75) is 38.5 Å². The zero-order chi connectivity index (χ0) is 19.2. The van der Waals surface area contributed by atoms with Crippen LogP contribution in [0.15, 0.2) is 34.2 Å². The molecule has 0 atom stereocenters. The molecule has 8 heteroatoms. The number of aryl methyl sites for hydroxylation is 1. The molecule has 27 heavy (non-hydrogen) atoms. The van der Waals surface area contributed by atoms with Crippen molar-refractivity contribution in [1.29, 1.82) is 0 Å². The van der Waals surface area contributed by atoms with Gasteiger partial charge in [0, 0.05) is 39.3 Å². The Hall–Kier alpha value is -2.06. The molecule has 146 valence electrons. The van der Waals surface area contributed by atoms with E-state index in [1.165, 1.54) is 22.9 Å². The molecule has 1 aliphatic heterocycles. The highest BCUT2D eigenvalue weighted by molar-refractivity contribution is 7.99. The van der Waals surface area contributed by atoms with E-state index in [2.05, 4.69) is 46.3 Å². The van der Waals surface area contributed by atoms with Crippen LogP contribution >= 0.6 is 11.8 Å². The first-order chi connectivity index (χ1) is 13.1. The van der Waals surface area contributed by atoms with Crippen LogP contribution in [0.2, 0.25) is 0 Å². The summed E-state index contributed by atoms with van der Waals surface area (Å²) in [6, 6.07) is 8.57. The van der Waals surface area contributed by atoms with Crippen LogP contribution in [0.3, 0.4) is 0 Å². The molecule has 0 spiro atoms. The molecule has 0 radical (unpaired) electrons. The van der Waals surface area contributed by atoms with E-state index in [1.54, 1.807) is 4.57 Å². The zero-order valence-corrected chi connectivity index (χ0v) is 16.8. The average Bonchev–Trinajstić information content (AvgIpc) is 3.01. The van der Waals surface area contributed by atoms with Gasteiger partial charge in [0.25, 0.3) is 0 Å². The summed E-state index contributed by atoms with van der Waals surface area (Å²) in [5.74, 6) is 0.417. The van der Waals surface area contributed by atoms with E-state index in [1.807, 2.05) is 11.8 Å². The standard InChI is InChI=1S/C19H27N5O2S/c1-3-7-24-18(26)20-21-19(24)27-14-17(25)23-10-8-22(9-11-23)13-16-6-4-5-15(2)12-16/h4-6,12H,3,7-11,13-14H2,1-2H3,(H,20,26). The molecule has 1 fully saturated rings. The quantitative estimate of drug-likeness (QED) is 0.730. The summed E-state index contributed by atoms with van der Waals surface area (Å²) in [6.45, 7) is 8.91. The lowest BCUT2D eigenvalue weighted by Crippen LogP contribution is -2.48. The molecule has 0 unspecified atom stereocenters. The van der Waals surface area contributed by atoms with Crippen LogP contribution in [0.4, 0.5) is 0 Å². The van der Waals surface area contributed by atoms with E-state index in [9.17, 15) is 9.59 Å². The van der Waals surface area contributed by atoms with Crippen LogP contribution in [-0.2, 0) is 17.9 Å². The third-order valence-corrected chi connectivity index (χ3v) is 5.67. The van der Waals surface area contributed by atoms with Gasteiger partial charge in [0.15, 0.2) is 5.16 Å². The van der Waals surface area contributed by atoms with Crippen LogP contribution < -0.4 is 5.69 Å². The topological polar surface area (TPSA) is 74.2 Å². The number of nitrogens with one attached hydrogen (secondary N) is 1. The smallest absolute Gasteiger partial charge is 0.339 e. The average molecular weight is 390 g/mol. The van der Waals surface area contributed by atoms with E-state index in [-0.39, 0.29) is 11.6 Å². The molecule has 1 aliphatic rings. The van der Waals surface area contributed by atoms with E-state index >= 15 is 0 Å². The number of piperazine rings is 1. The third kappa shape index (κ3) is 5.23. The van der Waals surface area contributed by atoms with Crippen molar-refractivity contribution in [2.75, 3.05) is 31.9 Å². The molecule has 7 nitrogen and oxygen atoms in total. The number of amides is 1. The van der Waals surface area contributed by atoms with Crippen LogP contribution in [0, 0.1) is 6.92 Å². The van der Waals surface area contributed by atoms with E-state index < -0.39 is 0 Å². The summed E-state index contributed by atoms with van der Waals surface area (Å²) in [6.07, 6.45) is 0.851. The Labute approximate surface area is 163 Å². The summed E-state index contributed by atoms with van der Waals surface area (Å²) in [4.78, 5) is 28.5. The summed E-state index contributed by atoms with van der Waals surface area (Å²) >= 11 is 1.33. The second kappa shape index (κ2) is 9.23. The van der Waals surface area contributed by atoms with Crippen LogP contribution in [-0.4, -0.2) is 62.4 Å². The van der Waals surface area contributed by atoms with Crippen LogP contribution in [0.5, 0.6) is 0 Å². The number of carbonyl (C=O) groups excluding carboxylic acids is 1. The van der Waals surface area contributed by atoms with Crippen molar-refractivity contribution >= 4 is 17.7 Å². The van der Waals surface area contributed by atoms with Gasteiger partial charge >= 0.3 is 5.69 Å². The molecule has 1 N–H and O–H groups in total. The normalized spacial score (nSPS) is 15.3. The first-order valence-electron chi connectivity index (χ1n) is 9.40. The minimum Gasteiger partial charge on any atom is -0.339 e. The maximum Gasteiger partial charge on any atom is 0.343 e. The SMILES string of the molecule is CCCn1c(SCC(=O)N2CCN(Cc3cccc(C)c3)CC2)n[nH]c1=O. The van der Waals surface area contributed by atoms with E-state index in [4.69, 9.17) is 0 Å². The second-order valence-corrected chi connectivity index (χ2v) is 7.84. The third-order valence-electron chi connectivity index (χ3n) is 4.71. The van der Waals surface area contributed by atoms with Gasteiger partial charge in [-0.3, -0.25) is 14.3 Å². The van der Waals surface area contributed by atoms with Crippen molar-refractivity contribution in [3.63, 3.8) is 0 Å². The first kappa shape index (κ1) is 19.7. The number of aromatic amines is 1. The molecular formula is C19H27N5O2S. The highest BCUT2D eigenvalue weighted by Crippen LogP contribution is 2.16.